The minimum Gasteiger partial charge on any atom is -0.0616 e. The third kappa shape index (κ3) is 2.52. The zero-order chi connectivity index (χ0) is 16.7. The zero-order valence-electron chi connectivity index (χ0n) is 14.4. The normalized spacial score (nSPS) is 12.6. The fourth-order valence-corrected chi connectivity index (χ4v) is 5.58. The minimum atomic E-state index is -0.363. The first-order chi connectivity index (χ1) is 11.6. The lowest BCUT2D eigenvalue weighted by atomic mass is 10.0. The monoisotopic (exact) mass is 328 g/mol. The maximum atomic E-state index is 2.39. The van der Waals surface area contributed by atoms with Gasteiger partial charge in [0.2, 0.25) is 0 Å². The van der Waals surface area contributed by atoms with E-state index < -0.39 is 0 Å². The summed E-state index contributed by atoms with van der Waals surface area (Å²) in [6.07, 6.45) is 0. The van der Waals surface area contributed by atoms with Crippen molar-refractivity contribution in [3.8, 4) is 0 Å². The number of hydrogen-bond acceptors (Lipinski definition) is 0. The highest BCUT2D eigenvalue weighted by molar-refractivity contribution is 7.72. The summed E-state index contributed by atoms with van der Waals surface area (Å²) >= 11 is 0. The summed E-state index contributed by atoms with van der Waals surface area (Å²) in [6, 6.07) is 26.8. The second-order valence-electron chi connectivity index (χ2n) is 6.48. The van der Waals surface area contributed by atoms with Crippen LogP contribution in [-0.2, 0) is 0 Å². The SMILES string of the molecule is Cc1cccc(P(C)c2cccc3cc4ccccc4cc23)c1C. The van der Waals surface area contributed by atoms with E-state index >= 15 is 0 Å². The largest absolute Gasteiger partial charge is 0.0616 e. The highest BCUT2D eigenvalue weighted by Crippen LogP contribution is 2.35. The Morgan fingerprint density at radius 2 is 1.25 bits per heavy atom. The first kappa shape index (κ1) is 15.4. The first-order valence-corrected chi connectivity index (χ1v) is 10.2. The zero-order valence-corrected chi connectivity index (χ0v) is 15.3. The highest BCUT2D eigenvalue weighted by atomic mass is 31.1. The lowest BCUT2D eigenvalue weighted by Gasteiger charge is -2.19. The molecular formula is C23H21P. The van der Waals surface area contributed by atoms with Gasteiger partial charge in [0.05, 0.1) is 0 Å². The van der Waals surface area contributed by atoms with Crippen LogP contribution in [0.25, 0.3) is 21.5 Å². The molecule has 0 aromatic heterocycles. The van der Waals surface area contributed by atoms with Gasteiger partial charge >= 0.3 is 0 Å². The molecule has 0 saturated carbocycles. The maximum absolute atomic E-state index is 2.39. The first-order valence-electron chi connectivity index (χ1n) is 8.36. The van der Waals surface area contributed by atoms with Gasteiger partial charge < -0.3 is 0 Å². The Labute approximate surface area is 144 Å². The van der Waals surface area contributed by atoms with Crippen LogP contribution < -0.4 is 10.6 Å². The van der Waals surface area contributed by atoms with Crippen molar-refractivity contribution in [2.75, 3.05) is 6.66 Å². The Balaban J connectivity index is 1.95. The van der Waals surface area contributed by atoms with E-state index in [0.29, 0.717) is 0 Å². The van der Waals surface area contributed by atoms with Gasteiger partial charge in [-0.3, -0.25) is 0 Å². The van der Waals surface area contributed by atoms with Crippen molar-refractivity contribution in [3.63, 3.8) is 0 Å². The van der Waals surface area contributed by atoms with E-state index in [1.807, 2.05) is 0 Å². The van der Waals surface area contributed by atoms with Crippen molar-refractivity contribution in [2.24, 2.45) is 0 Å². The Kier molecular flexibility index (Phi) is 3.87. The lowest BCUT2D eigenvalue weighted by molar-refractivity contribution is 1.37. The summed E-state index contributed by atoms with van der Waals surface area (Å²) in [7, 11) is -0.363. The van der Waals surface area contributed by atoms with Crippen LogP contribution in [0.2, 0.25) is 0 Å². The molecule has 0 saturated heterocycles. The molecule has 0 aliphatic heterocycles. The van der Waals surface area contributed by atoms with Crippen LogP contribution in [0.5, 0.6) is 0 Å². The second-order valence-corrected chi connectivity index (χ2v) is 8.56. The van der Waals surface area contributed by atoms with Gasteiger partial charge in [-0.05, 0) is 83.8 Å². The molecule has 4 aromatic carbocycles. The molecule has 4 aromatic rings. The summed E-state index contributed by atoms with van der Waals surface area (Å²) in [5.41, 5.74) is 2.82. The number of fused-ring (bicyclic) bond motifs is 2. The van der Waals surface area contributed by atoms with E-state index in [4.69, 9.17) is 0 Å². The summed E-state index contributed by atoms with van der Waals surface area (Å²) in [5, 5.41) is 8.33. The molecule has 0 nitrogen and oxygen atoms in total. The van der Waals surface area contributed by atoms with Crippen LogP contribution in [0.15, 0.2) is 72.8 Å². The van der Waals surface area contributed by atoms with E-state index in [0.717, 1.165) is 0 Å². The molecule has 1 atom stereocenters. The van der Waals surface area contributed by atoms with Gasteiger partial charge in [-0.15, -0.1) is 0 Å². The van der Waals surface area contributed by atoms with Gasteiger partial charge in [-0.2, -0.15) is 0 Å². The molecule has 0 amide bonds. The molecular weight excluding hydrogens is 307 g/mol. The quantitative estimate of drug-likeness (QED) is 0.328. The van der Waals surface area contributed by atoms with Crippen molar-refractivity contribution < 1.29 is 0 Å². The van der Waals surface area contributed by atoms with Crippen molar-refractivity contribution in [3.05, 3.63) is 83.9 Å². The molecule has 1 heteroatoms. The molecule has 0 bridgehead atoms. The van der Waals surface area contributed by atoms with Crippen molar-refractivity contribution in [1.29, 1.82) is 0 Å². The maximum Gasteiger partial charge on any atom is -0.00974 e. The third-order valence-corrected chi connectivity index (χ3v) is 7.34. The average Bonchev–Trinajstić information content (AvgIpc) is 2.61. The summed E-state index contributed by atoms with van der Waals surface area (Å²) in [5.74, 6) is 0. The van der Waals surface area contributed by atoms with Crippen molar-refractivity contribution in [2.45, 2.75) is 13.8 Å². The third-order valence-electron chi connectivity index (χ3n) is 5.02. The van der Waals surface area contributed by atoms with Crippen LogP contribution in [-0.4, -0.2) is 6.66 Å². The Hall–Kier alpha value is -2.17. The molecule has 1 unspecified atom stereocenters. The van der Waals surface area contributed by atoms with Gasteiger partial charge in [0.25, 0.3) is 0 Å². The number of benzene rings is 4. The molecule has 0 heterocycles. The fraction of sp³-hybridized carbons (Fsp3) is 0.130. The lowest BCUT2D eigenvalue weighted by Crippen LogP contribution is -2.15. The molecule has 0 aliphatic carbocycles. The Bertz CT molecular complexity index is 1050. The summed E-state index contributed by atoms with van der Waals surface area (Å²) in [4.78, 5) is 0. The van der Waals surface area contributed by atoms with Crippen LogP contribution in [0.1, 0.15) is 11.1 Å². The molecule has 24 heavy (non-hydrogen) atoms. The molecule has 0 radical (unpaired) electrons. The van der Waals surface area contributed by atoms with E-state index in [1.54, 1.807) is 0 Å². The average molecular weight is 328 g/mol. The number of hydrogen-bond donors (Lipinski definition) is 0. The Morgan fingerprint density at radius 1 is 0.625 bits per heavy atom. The van der Waals surface area contributed by atoms with E-state index in [1.165, 1.54) is 43.3 Å². The van der Waals surface area contributed by atoms with E-state index in [2.05, 4.69) is 93.3 Å². The molecule has 0 N–H and O–H groups in total. The van der Waals surface area contributed by atoms with Gasteiger partial charge in [0.1, 0.15) is 0 Å². The van der Waals surface area contributed by atoms with E-state index in [-0.39, 0.29) is 7.92 Å². The Morgan fingerprint density at radius 3 is 2.04 bits per heavy atom. The summed E-state index contributed by atoms with van der Waals surface area (Å²) < 4.78 is 0. The summed E-state index contributed by atoms with van der Waals surface area (Å²) in [6.45, 7) is 6.85. The van der Waals surface area contributed by atoms with Gasteiger partial charge in [-0.25, -0.2) is 0 Å². The number of rotatable bonds is 2. The second kappa shape index (κ2) is 6.04. The number of aryl methyl sites for hydroxylation is 1. The molecule has 4 rings (SSSR count). The van der Waals surface area contributed by atoms with Crippen LogP contribution in [0.4, 0.5) is 0 Å². The van der Waals surface area contributed by atoms with E-state index in [9.17, 15) is 0 Å². The standard InChI is InChI=1S/C23H21P/c1-16-8-6-12-22(17(16)2)24(3)23-13-7-11-20-14-18-9-4-5-10-19(18)15-21(20)23/h4-15H,1-3H3. The topological polar surface area (TPSA) is 0 Å². The predicted octanol–water partition coefficient (Wildman–Crippen LogP) is 5.67. The fourth-order valence-electron chi connectivity index (χ4n) is 3.47. The molecule has 0 fully saturated rings. The van der Waals surface area contributed by atoms with Gasteiger partial charge in [-0.1, -0.05) is 60.7 Å². The smallest absolute Gasteiger partial charge is 0.00974 e. The highest BCUT2D eigenvalue weighted by Gasteiger charge is 2.14. The molecule has 0 spiro atoms. The molecule has 118 valence electrons. The van der Waals surface area contributed by atoms with Crippen LogP contribution in [0, 0.1) is 13.8 Å². The van der Waals surface area contributed by atoms with Crippen LogP contribution >= 0.6 is 7.92 Å². The van der Waals surface area contributed by atoms with Crippen LogP contribution in [0.3, 0.4) is 0 Å². The van der Waals surface area contributed by atoms with Crippen molar-refractivity contribution in [1.82, 2.24) is 0 Å². The van der Waals surface area contributed by atoms with Gasteiger partial charge in [0, 0.05) is 0 Å². The van der Waals surface area contributed by atoms with Gasteiger partial charge in [0.15, 0.2) is 0 Å². The predicted molar refractivity (Wildman–Crippen MR) is 109 cm³/mol. The minimum absolute atomic E-state index is 0.363. The van der Waals surface area contributed by atoms with Crippen molar-refractivity contribution >= 4 is 40.1 Å². The molecule has 0 aliphatic rings.